The maximum Gasteiger partial charge on any atom is 0.0864 e. The number of hydrogen-bond acceptors (Lipinski definition) is 3. The minimum atomic E-state index is -0.408. The number of hydrogen-bond donors (Lipinski definition) is 1. The summed E-state index contributed by atoms with van der Waals surface area (Å²) >= 11 is 1.89. The molecule has 1 fully saturated rings. The van der Waals surface area contributed by atoms with Crippen LogP contribution in [0.1, 0.15) is 26.7 Å². The van der Waals surface area contributed by atoms with Crippen LogP contribution in [0.4, 0.5) is 0 Å². The molecule has 1 heterocycles. The van der Waals surface area contributed by atoms with Gasteiger partial charge in [0.1, 0.15) is 0 Å². The molecular weight excluding hydrogens is 182 g/mol. The summed E-state index contributed by atoms with van der Waals surface area (Å²) in [5.74, 6) is 2.14. The van der Waals surface area contributed by atoms with Crippen molar-refractivity contribution in [3.8, 4) is 0 Å². The van der Waals surface area contributed by atoms with E-state index in [4.69, 9.17) is 0 Å². The van der Waals surface area contributed by atoms with Crippen molar-refractivity contribution in [3.05, 3.63) is 0 Å². The van der Waals surface area contributed by atoms with Gasteiger partial charge in [0.2, 0.25) is 0 Å². The van der Waals surface area contributed by atoms with E-state index in [0.717, 1.165) is 31.8 Å². The smallest absolute Gasteiger partial charge is 0.0864 e. The van der Waals surface area contributed by atoms with Crippen LogP contribution in [0.3, 0.4) is 0 Å². The molecule has 0 aromatic rings. The molecule has 1 unspecified atom stereocenters. The first-order chi connectivity index (χ1) is 6.20. The molecule has 0 aromatic heterocycles. The van der Waals surface area contributed by atoms with Crippen molar-refractivity contribution in [2.24, 2.45) is 0 Å². The molecule has 1 rings (SSSR count). The van der Waals surface area contributed by atoms with Gasteiger partial charge in [-0.1, -0.05) is 13.8 Å². The van der Waals surface area contributed by atoms with Crippen molar-refractivity contribution in [2.45, 2.75) is 32.3 Å². The zero-order chi connectivity index (χ0) is 9.73. The average Bonchev–Trinajstić information content (AvgIpc) is 2.15. The van der Waals surface area contributed by atoms with E-state index in [1.54, 1.807) is 0 Å². The summed E-state index contributed by atoms with van der Waals surface area (Å²) < 4.78 is 0. The van der Waals surface area contributed by atoms with Crippen molar-refractivity contribution in [2.75, 3.05) is 31.1 Å². The molecule has 1 aliphatic heterocycles. The quantitative estimate of drug-likeness (QED) is 0.750. The Balaban J connectivity index is 2.39. The van der Waals surface area contributed by atoms with Gasteiger partial charge in [0, 0.05) is 12.3 Å². The lowest BCUT2D eigenvalue weighted by atomic mass is 9.99. The third kappa shape index (κ3) is 3.49. The molecule has 1 aliphatic rings. The molecule has 0 aliphatic carbocycles. The van der Waals surface area contributed by atoms with E-state index in [-0.39, 0.29) is 0 Å². The highest BCUT2D eigenvalue weighted by atomic mass is 32.2. The zero-order valence-corrected chi connectivity index (χ0v) is 9.57. The first kappa shape index (κ1) is 11.3. The maximum absolute atomic E-state index is 10.2. The fourth-order valence-corrected chi connectivity index (χ4v) is 2.93. The highest BCUT2D eigenvalue weighted by Gasteiger charge is 2.30. The SMILES string of the molecule is CCN(CC)CC1(O)CCCSC1. The summed E-state index contributed by atoms with van der Waals surface area (Å²) in [5.41, 5.74) is -0.408. The van der Waals surface area contributed by atoms with E-state index in [2.05, 4.69) is 18.7 Å². The molecule has 1 saturated heterocycles. The number of nitrogens with zero attached hydrogens (tertiary/aromatic N) is 1. The summed E-state index contributed by atoms with van der Waals surface area (Å²) in [6, 6.07) is 0. The first-order valence-corrected chi connectivity index (χ1v) is 6.38. The molecule has 0 amide bonds. The lowest BCUT2D eigenvalue weighted by Crippen LogP contribution is -2.46. The van der Waals surface area contributed by atoms with Crippen molar-refractivity contribution < 1.29 is 5.11 Å². The molecule has 13 heavy (non-hydrogen) atoms. The van der Waals surface area contributed by atoms with Crippen LogP contribution in [-0.2, 0) is 0 Å². The van der Waals surface area contributed by atoms with Gasteiger partial charge in [-0.3, -0.25) is 0 Å². The lowest BCUT2D eigenvalue weighted by Gasteiger charge is -2.35. The van der Waals surface area contributed by atoms with Gasteiger partial charge in [-0.2, -0.15) is 11.8 Å². The summed E-state index contributed by atoms with van der Waals surface area (Å²) in [7, 11) is 0. The topological polar surface area (TPSA) is 23.5 Å². The van der Waals surface area contributed by atoms with Gasteiger partial charge in [0.05, 0.1) is 5.60 Å². The Kier molecular flexibility index (Phi) is 4.56. The largest absolute Gasteiger partial charge is 0.388 e. The molecule has 0 spiro atoms. The molecule has 0 aromatic carbocycles. The second kappa shape index (κ2) is 5.23. The lowest BCUT2D eigenvalue weighted by molar-refractivity contribution is 0.0168. The molecule has 2 nitrogen and oxygen atoms in total. The number of likely N-dealkylation sites (N-methyl/N-ethyl adjacent to an activating group) is 1. The third-order valence-electron chi connectivity index (χ3n) is 2.71. The maximum atomic E-state index is 10.2. The van der Waals surface area contributed by atoms with E-state index in [1.165, 1.54) is 12.2 Å². The summed E-state index contributed by atoms with van der Waals surface area (Å²) in [5, 5.41) is 10.2. The average molecular weight is 203 g/mol. The standard InChI is InChI=1S/C10H21NOS/c1-3-11(4-2)8-10(12)6-5-7-13-9-10/h12H,3-9H2,1-2H3. The molecule has 78 valence electrons. The Morgan fingerprint density at radius 2 is 2.08 bits per heavy atom. The van der Waals surface area contributed by atoms with E-state index in [9.17, 15) is 5.11 Å². The monoisotopic (exact) mass is 203 g/mol. The van der Waals surface area contributed by atoms with E-state index in [0.29, 0.717) is 0 Å². The van der Waals surface area contributed by atoms with E-state index < -0.39 is 5.60 Å². The Morgan fingerprint density at radius 1 is 1.38 bits per heavy atom. The van der Waals surface area contributed by atoms with Gasteiger partial charge in [-0.25, -0.2) is 0 Å². The van der Waals surface area contributed by atoms with Crippen LogP contribution in [-0.4, -0.2) is 46.7 Å². The molecular formula is C10H21NOS. The Bertz CT molecular complexity index is 142. The van der Waals surface area contributed by atoms with Gasteiger partial charge in [-0.15, -0.1) is 0 Å². The van der Waals surface area contributed by atoms with Crippen LogP contribution in [0.2, 0.25) is 0 Å². The summed E-state index contributed by atoms with van der Waals surface area (Å²) in [4.78, 5) is 2.31. The van der Waals surface area contributed by atoms with Crippen LogP contribution in [0.5, 0.6) is 0 Å². The van der Waals surface area contributed by atoms with Gasteiger partial charge in [-0.05, 0) is 31.7 Å². The van der Waals surface area contributed by atoms with Crippen molar-refractivity contribution >= 4 is 11.8 Å². The predicted molar refractivity (Wildman–Crippen MR) is 59.3 cm³/mol. The third-order valence-corrected chi connectivity index (χ3v) is 4.03. The fourth-order valence-electron chi connectivity index (χ4n) is 1.83. The molecule has 3 heteroatoms. The van der Waals surface area contributed by atoms with Gasteiger partial charge < -0.3 is 10.0 Å². The van der Waals surface area contributed by atoms with E-state index in [1.807, 2.05) is 11.8 Å². The van der Waals surface area contributed by atoms with Gasteiger partial charge in [0.25, 0.3) is 0 Å². The molecule has 0 saturated carbocycles. The highest BCUT2D eigenvalue weighted by Crippen LogP contribution is 2.27. The summed E-state index contributed by atoms with van der Waals surface area (Å²) in [6.45, 7) is 7.26. The van der Waals surface area contributed by atoms with Gasteiger partial charge >= 0.3 is 0 Å². The summed E-state index contributed by atoms with van der Waals surface area (Å²) in [6.07, 6.45) is 2.15. The van der Waals surface area contributed by atoms with E-state index >= 15 is 0 Å². The van der Waals surface area contributed by atoms with Gasteiger partial charge in [0.15, 0.2) is 0 Å². The second-order valence-electron chi connectivity index (χ2n) is 3.84. The number of thioether (sulfide) groups is 1. The van der Waals surface area contributed by atoms with Crippen LogP contribution in [0, 0.1) is 0 Å². The number of aliphatic hydroxyl groups is 1. The molecule has 1 atom stereocenters. The minimum absolute atomic E-state index is 0.408. The van der Waals surface area contributed by atoms with Crippen LogP contribution >= 0.6 is 11.8 Å². The first-order valence-electron chi connectivity index (χ1n) is 5.22. The number of rotatable bonds is 4. The second-order valence-corrected chi connectivity index (χ2v) is 4.95. The van der Waals surface area contributed by atoms with Crippen LogP contribution < -0.4 is 0 Å². The molecule has 0 radical (unpaired) electrons. The van der Waals surface area contributed by atoms with Crippen LogP contribution in [0.25, 0.3) is 0 Å². The minimum Gasteiger partial charge on any atom is -0.388 e. The van der Waals surface area contributed by atoms with Crippen molar-refractivity contribution in [1.29, 1.82) is 0 Å². The normalized spacial score (nSPS) is 29.5. The molecule has 0 bridgehead atoms. The van der Waals surface area contributed by atoms with Crippen molar-refractivity contribution in [3.63, 3.8) is 0 Å². The molecule has 1 N–H and O–H groups in total. The Morgan fingerprint density at radius 3 is 2.54 bits per heavy atom. The Labute approximate surface area is 85.7 Å². The zero-order valence-electron chi connectivity index (χ0n) is 8.75. The predicted octanol–water partition coefficient (Wildman–Crippen LogP) is 1.59. The van der Waals surface area contributed by atoms with Crippen LogP contribution in [0.15, 0.2) is 0 Å². The van der Waals surface area contributed by atoms with Crippen molar-refractivity contribution in [1.82, 2.24) is 4.90 Å². The Hall–Kier alpha value is 0.270. The highest BCUT2D eigenvalue weighted by molar-refractivity contribution is 7.99. The fraction of sp³-hybridized carbons (Fsp3) is 1.00.